The average Bonchev–Trinajstić information content (AvgIpc) is 3.20. The Morgan fingerprint density at radius 2 is 2.06 bits per heavy atom. The van der Waals surface area contributed by atoms with Crippen LogP contribution >= 0.6 is 8.53 Å². The average molecular weight is 498 g/mol. The Bertz CT molecular complexity index is 1080. The summed E-state index contributed by atoms with van der Waals surface area (Å²) in [5.41, 5.74) is -3.89. The molecule has 2 aliphatic carbocycles. The number of aromatic nitrogens is 2. The van der Waals surface area contributed by atoms with E-state index in [1.807, 2.05) is 38.4 Å². The Kier molecular flexibility index (Phi) is 6.79. The topological polar surface area (TPSA) is 130 Å². The van der Waals surface area contributed by atoms with Gasteiger partial charge in [-0.25, -0.2) is 13.9 Å². The molecule has 0 aromatic carbocycles. The van der Waals surface area contributed by atoms with Gasteiger partial charge in [0.15, 0.2) is 12.4 Å². The van der Waals surface area contributed by atoms with E-state index in [2.05, 4.69) is 4.98 Å². The number of aliphatic hydroxyl groups is 1. The van der Waals surface area contributed by atoms with Crippen molar-refractivity contribution in [2.24, 2.45) is 5.92 Å². The van der Waals surface area contributed by atoms with Gasteiger partial charge in [0.2, 0.25) is 0 Å². The van der Waals surface area contributed by atoms with Gasteiger partial charge < -0.3 is 18.9 Å². The fourth-order valence-corrected chi connectivity index (χ4v) is 7.15. The Labute approximate surface area is 198 Å². The van der Waals surface area contributed by atoms with Crippen molar-refractivity contribution in [3.05, 3.63) is 32.6 Å². The molecule has 12 heteroatoms. The van der Waals surface area contributed by atoms with Crippen LogP contribution in [0.3, 0.4) is 0 Å². The predicted molar refractivity (Wildman–Crippen MR) is 122 cm³/mol. The molecule has 34 heavy (non-hydrogen) atoms. The molecule has 1 unspecified atom stereocenters. The Balaban J connectivity index is 1.72. The predicted octanol–water partition coefficient (Wildman–Crippen LogP) is 2.27. The van der Waals surface area contributed by atoms with Crippen molar-refractivity contribution in [3.63, 3.8) is 0 Å². The second-order valence-corrected chi connectivity index (χ2v) is 11.4. The third-order valence-electron chi connectivity index (χ3n) is 6.91. The number of ether oxygens (including phenoxy) is 1. The van der Waals surface area contributed by atoms with Crippen LogP contribution in [0.4, 0.5) is 4.39 Å². The molecule has 1 saturated heterocycles. The molecule has 1 aliphatic heterocycles. The van der Waals surface area contributed by atoms with Crippen molar-refractivity contribution in [3.8, 4) is 6.07 Å². The van der Waals surface area contributed by atoms with Gasteiger partial charge >= 0.3 is 5.69 Å². The van der Waals surface area contributed by atoms with Crippen LogP contribution in [-0.2, 0) is 13.8 Å². The van der Waals surface area contributed by atoms with Crippen LogP contribution in [0.2, 0.25) is 0 Å². The summed E-state index contributed by atoms with van der Waals surface area (Å²) in [4.78, 5) is 26.5. The summed E-state index contributed by atoms with van der Waals surface area (Å²) >= 11 is 0. The van der Waals surface area contributed by atoms with Gasteiger partial charge in [-0.2, -0.15) is 5.26 Å². The third kappa shape index (κ3) is 4.04. The summed E-state index contributed by atoms with van der Waals surface area (Å²) in [6, 6.07) is 2.04. The number of hydrogen-bond acceptors (Lipinski definition) is 8. The van der Waals surface area contributed by atoms with E-state index in [1.54, 1.807) is 0 Å². The molecule has 2 N–H and O–H groups in total. The molecule has 3 aliphatic rings. The van der Waals surface area contributed by atoms with Gasteiger partial charge in [-0.3, -0.25) is 14.3 Å². The molecule has 0 radical (unpaired) electrons. The van der Waals surface area contributed by atoms with E-state index in [0.29, 0.717) is 6.42 Å². The smallest absolute Gasteiger partial charge is 0.330 e. The summed E-state index contributed by atoms with van der Waals surface area (Å²) in [6.07, 6.45) is -2.08. The van der Waals surface area contributed by atoms with E-state index in [1.165, 1.54) is 13.1 Å². The number of aromatic amines is 1. The largest absolute Gasteiger partial charge is 0.387 e. The number of nitrogens with zero attached hydrogens (tertiary/aromatic N) is 3. The fourth-order valence-electron chi connectivity index (χ4n) is 5.31. The van der Waals surface area contributed by atoms with Crippen LogP contribution in [0.15, 0.2) is 15.8 Å². The zero-order valence-corrected chi connectivity index (χ0v) is 20.9. The third-order valence-corrected chi connectivity index (χ3v) is 9.11. The molecular formula is C22H32FN4O6P. The zero-order chi connectivity index (χ0) is 25.0. The number of rotatable bonds is 9. The highest BCUT2D eigenvalue weighted by Gasteiger charge is 2.80. The molecule has 0 bridgehead atoms. The van der Waals surface area contributed by atoms with Crippen LogP contribution in [0, 0.1) is 24.2 Å². The van der Waals surface area contributed by atoms with E-state index in [4.69, 9.17) is 19.0 Å². The summed E-state index contributed by atoms with van der Waals surface area (Å²) < 4.78 is 37.9. The highest BCUT2D eigenvalue weighted by Crippen LogP contribution is 2.70. The van der Waals surface area contributed by atoms with Crippen molar-refractivity contribution in [1.29, 1.82) is 5.26 Å². The maximum atomic E-state index is 16.3. The van der Waals surface area contributed by atoms with Gasteiger partial charge in [-0.1, -0.05) is 0 Å². The first kappa shape index (κ1) is 25.4. The summed E-state index contributed by atoms with van der Waals surface area (Å²) in [5, 5.41) is 20.1. The summed E-state index contributed by atoms with van der Waals surface area (Å²) in [7, 11) is -1.82. The van der Waals surface area contributed by atoms with Crippen molar-refractivity contribution in [1.82, 2.24) is 14.2 Å². The van der Waals surface area contributed by atoms with Crippen LogP contribution in [0.5, 0.6) is 0 Å². The van der Waals surface area contributed by atoms with Crippen LogP contribution in [-0.4, -0.2) is 61.5 Å². The number of hydrogen-bond donors (Lipinski definition) is 2. The van der Waals surface area contributed by atoms with Crippen molar-refractivity contribution in [2.45, 2.75) is 95.7 Å². The molecular weight excluding hydrogens is 466 g/mol. The molecule has 1 aromatic heterocycles. The van der Waals surface area contributed by atoms with Gasteiger partial charge in [0.25, 0.3) is 14.1 Å². The van der Waals surface area contributed by atoms with Gasteiger partial charge in [-0.15, -0.1) is 0 Å². The summed E-state index contributed by atoms with van der Waals surface area (Å²) in [6.45, 7) is 9.54. The van der Waals surface area contributed by atoms with E-state index in [-0.39, 0.29) is 43.0 Å². The van der Waals surface area contributed by atoms with Crippen LogP contribution < -0.4 is 11.2 Å². The lowest BCUT2D eigenvalue weighted by Gasteiger charge is -2.42. The number of nitriles is 1. The van der Waals surface area contributed by atoms with Crippen molar-refractivity contribution >= 4 is 8.53 Å². The standard InChI is InChI=1S/C22H32FN4O6P/c1-12(2)27(13(3)4)34(31-8-6-7-24)33-22-10-15-9-21(15,30)19(22)32-18(16(22)23)26-11-14(5)17(28)25-20(26)29/h11-13,15-16,18-19,30H,6,8-10H2,1-5H3,(H,25,28,29)/t15-,16+,18+,19+,21+,22-,34?/m0/s1. The molecule has 2 heterocycles. The van der Waals surface area contributed by atoms with E-state index in [0.717, 1.165) is 4.57 Å². The highest BCUT2D eigenvalue weighted by molar-refractivity contribution is 7.44. The first-order chi connectivity index (χ1) is 16.0. The minimum absolute atomic E-state index is 0.00252. The molecule has 7 atom stereocenters. The minimum Gasteiger partial charge on any atom is -0.387 e. The Morgan fingerprint density at radius 3 is 2.68 bits per heavy atom. The molecule has 10 nitrogen and oxygen atoms in total. The van der Waals surface area contributed by atoms with Crippen LogP contribution in [0.1, 0.15) is 58.7 Å². The molecule has 4 rings (SSSR count). The van der Waals surface area contributed by atoms with Gasteiger partial charge in [0, 0.05) is 23.8 Å². The maximum absolute atomic E-state index is 16.3. The molecule has 188 valence electrons. The molecule has 0 spiro atoms. The lowest BCUT2D eigenvalue weighted by Crippen LogP contribution is -2.50. The van der Waals surface area contributed by atoms with E-state index >= 15 is 4.39 Å². The van der Waals surface area contributed by atoms with Gasteiger partial charge in [0.05, 0.1) is 24.7 Å². The minimum atomic E-state index is -1.82. The van der Waals surface area contributed by atoms with Crippen molar-refractivity contribution in [2.75, 3.05) is 6.61 Å². The van der Waals surface area contributed by atoms with Gasteiger partial charge in [0.1, 0.15) is 11.7 Å². The van der Waals surface area contributed by atoms with Crippen molar-refractivity contribution < 1.29 is 23.3 Å². The quantitative estimate of drug-likeness (QED) is 0.392. The zero-order valence-electron chi connectivity index (χ0n) is 20.0. The number of aryl methyl sites for hydroxylation is 1. The SMILES string of the molecule is Cc1cn([C@@H]2O[C@@H]3[C@@]4(O)C[C@H]4C[C@]3(OP(OCCC#N)N(C(C)C)C(C)C)[C@@H]2F)c(=O)[nH]c1=O. The summed E-state index contributed by atoms with van der Waals surface area (Å²) in [5.74, 6) is -0.173. The van der Waals surface area contributed by atoms with Crippen LogP contribution in [0.25, 0.3) is 0 Å². The number of fused-ring (bicyclic) bond motifs is 3. The molecule has 2 saturated carbocycles. The first-order valence-electron chi connectivity index (χ1n) is 11.6. The van der Waals surface area contributed by atoms with E-state index < -0.39 is 49.5 Å². The number of alkyl halides is 1. The Hall–Kier alpha value is -1.67. The molecule has 1 aromatic rings. The van der Waals surface area contributed by atoms with E-state index in [9.17, 15) is 14.7 Å². The normalized spacial score (nSPS) is 35.0. The number of H-pyrrole nitrogens is 1. The lowest BCUT2D eigenvalue weighted by atomic mass is 9.91. The fraction of sp³-hybridized carbons (Fsp3) is 0.773. The maximum Gasteiger partial charge on any atom is 0.330 e. The number of nitrogens with one attached hydrogen (secondary N) is 1. The second-order valence-electron chi connectivity index (χ2n) is 9.98. The molecule has 3 fully saturated rings. The highest BCUT2D eigenvalue weighted by atomic mass is 31.2. The number of halogens is 1. The Morgan fingerprint density at radius 1 is 1.38 bits per heavy atom. The lowest BCUT2D eigenvalue weighted by molar-refractivity contribution is -0.103. The second kappa shape index (κ2) is 9.08. The first-order valence-corrected chi connectivity index (χ1v) is 12.7. The van der Waals surface area contributed by atoms with Gasteiger partial charge in [-0.05, 0) is 53.4 Å². The molecule has 0 amide bonds. The monoisotopic (exact) mass is 498 g/mol.